The lowest BCUT2D eigenvalue weighted by molar-refractivity contribution is -0.117. The molecule has 6 aromatic carbocycles. The number of ether oxygens (including phenoxy) is 1. The maximum absolute atomic E-state index is 13.5. The van der Waals surface area contributed by atoms with Gasteiger partial charge in [-0.3, -0.25) is 4.79 Å². The Labute approximate surface area is 339 Å². The Kier molecular flexibility index (Phi) is 10.7. The molecule has 1 heterocycles. The maximum Gasteiger partial charge on any atom is 0.280 e. The van der Waals surface area contributed by atoms with Gasteiger partial charge in [0.2, 0.25) is 0 Å². The van der Waals surface area contributed by atoms with Crippen molar-refractivity contribution < 1.29 is 31.5 Å². The van der Waals surface area contributed by atoms with Crippen LogP contribution in [0.2, 0.25) is 0 Å². The van der Waals surface area contributed by atoms with Crippen molar-refractivity contribution in [2.75, 3.05) is 24.6 Å². The highest BCUT2D eigenvalue weighted by Crippen LogP contribution is 2.44. The molecule has 1 N–H and O–H groups in total. The van der Waals surface area contributed by atoms with Crippen molar-refractivity contribution in [3.05, 3.63) is 121 Å². The van der Waals surface area contributed by atoms with Gasteiger partial charge in [0.15, 0.2) is 31.5 Å². The summed E-state index contributed by atoms with van der Waals surface area (Å²) in [6.07, 6.45) is 2.07. The smallest absolute Gasteiger partial charge is 0.280 e. The van der Waals surface area contributed by atoms with Crippen LogP contribution in [0.3, 0.4) is 0 Å². The first-order chi connectivity index (χ1) is 28.0. The number of nitrogens with zero attached hydrogens (tertiary/aromatic N) is 8. The molecule has 0 bridgehead atoms. The Morgan fingerprint density at radius 3 is 2.10 bits per heavy atom. The van der Waals surface area contributed by atoms with Crippen LogP contribution in [0.4, 0.5) is 34.1 Å². The van der Waals surface area contributed by atoms with Crippen LogP contribution in [0.5, 0.6) is 11.5 Å². The molecule has 17 heteroatoms. The highest BCUT2D eigenvalue weighted by molar-refractivity contribution is 7.91. The number of carbonyl (C=O) groups is 1. The number of aryl methyl sites for hydroxylation is 1. The molecular weight excluding hydrogens is 793 g/mol. The number of anilines is 1. The summed E-state index contributed by atoms with van der Waals surface area (Å²) in [6.45, 7) is 7.39. The minimum absolute atomic E-state index is 0.0860. The normalized spacial score (nSPS) is 15.0. The van der Waals surface area contributed by atoms with Gasteiger partial charge >= 0.3 is 0 Å². The predicted molar refractivity (Wildman–Crippen MR) is 226 cm³/mol. The molecule has 0 aliphatic carbocycles. The van der Waals surface area contributed by atoms with Crippen molar-refractivity contribution >= 4 is 87.0 Å². The van der Waals surface area contributed by atoms with E-state index in [4.69, 9.17) is 4.74 Å². The fourth-order valence-electron chi connectivity index (χ4n) is 6.26. The number of hydrogen-bond donors (Lipinski definition) is 1. The number of fused-ring (bicyclic) bond motifs is 2. The number of sulfone groups is 2. The number of aromatic hydroxyl groups is 1. The molecule has 298 valence electrons. The highest BCUT2D eigenvalue weighted by Gasteiger charge is 2.37. The first kappa shape index (κ1) is 40.2. The SMILES string of the molecule is C=C(C)C1=NN(c2ccc(S(C)(=O)=O)cc2)C(=O)C1N=Nc1ccc2c(O)c(N=Nc3cc(C)c(N=Nc4ccc5ccccc5c4)cc3OC)c(S(C)(=O)=O)cc2c1. The van der Waals surface area contributed by atoms with Crippen LogP contribution >= 0.6 is 0 Å². The van der Waals surface area contributed by atoms with Gasteiger partial charge in [0.25, 0.3) is 5.91 Å². The second-order valence-corrected chi connectivity index (χ2v) is 17.8. The van der Waals surface area contributed by atoms with Crippen LogP contribution in [0, 0.1) is 6.92 Å². The molecule has 1 amide bonds. The summed E-state index contributed by atoms with van der Waals surface area (Å²) in [7, 11) is -5.97. The highest BCUT2D eigenvalue weighted by atomic mass is 32.2. The van der Waals surface area contributed by atoms with Crippen molar-refractivity contribution in [1.82, 2.24) is 0 Å². The van der Waals surface area contributed by atoms with E-state index in [1.54, 1.807) is 19.1 Å². The second-order valence-electron chi connectivity index (χ2n) is 13.8. The van der Waals surface area contributed by atoms with E-state index in [1.165, 1.54) is 55.6 Å². The Bertz CT molecular complexity index is 3070. The fourth-order valence-corrected chi connectivity index (χ4v) is 7.72. The number of amides is 1. The zero-order valence-corrected chi connectivity index (χ0v) is 34.0. The molecule has 0 saturated heterocycles. The minimum Gasteiger partial charge on any atom is -0.505 e. The second kappa shape index (κ2) is 15.8. The Hall–Kier alpha value is -6.98. The van der Waals surface area contributed by atoms with E-state index in [0.29, 0.717) is 33.6 Å². The van der Waals surface area contributed by atoms with Crippen LogP contribution in [0.15, 0.2) is 161 Å². The van der Waals surface area contributed by atoms with E-state index in [0.717, 1.165) is 28.3 Å². The number of benzene rings is 6. The van der Waals surface area contributed by atoms with Crippen molar-refractivity contribution in [1.29, 1.82) is 0 Å². The summed E-state index contributed by atoms with van der Waals surface area (Å²) in [4.78, 5) is 13.3. The third-order valence-electron chi connectivity index (χ3n) is 9.34. The lowest BCUT2D eigenvalue weighted by atomic mass is 10.1. The fraction of sp³-hybridized carbons (Fsp3) is 0.143. The van der Waals surface area contributed by atoms with E-state index in [2.05, 4.69) is 42.4 Å². The molecule has 59 heavy (non-hydrogen) atoms. The van der Waals surface area contributed by atoms with E-state index < -0.39 is 37.4 Å². The van der Waals surface area contributed by atoms with Crippen LogP contribution in [0.1, 0.15) is 12.5 Å². The van der Waals surface area contributed by atoms with Crippen LogP contribution < -0.4 is 9.75 Å². The predicted octanol–water partition coefficient (Wildman–Crippen LogP) is 10.1. The summed E-state index contributed by atoms with van der Waals surface area (Å²) >= 11 is 0. The average molecular weight is 829 g/mol. The van der Waals surface area contributed by atoms with Crippen LogP contribution in [-0.2, 0) is 24.5 Å². The number of phenolic OH excluding ortho intramolecular Hbond substituents is 1. The van der Waals surface area contributed by atoms with Gasteiger partial charge in [0, 0.05) is 24.0 Å². The quantitative estimate of drug-likeness (QED) is 0.125. The number of methoxy groups -OCH3 is 1. The van der Waals surface area contributed by atoms with E-state index in [-0.39, 0.29) is 43.7 Å². The van der Waals surface area contributed by atoms with Crippen LogP contribution in [-0.4, -0.2) is 59.2 Å². The van der Waals surface area contributed by atoms with Gasteiger partial charge in [-0.25, -0.2) is 16.8 Å². The number of hydrazone groups is 1. The van der Waals surface area contributed by atoms with Gasteiger partial charge in [-0.1, -0.05) is 36.9 Å². The minimum atomic E-state index is -3.97. The molecule has 1 aliphatic heterocycles. The molecule has 0 aromatic heterocycles. The largest absolute Gasteiger partial charge is 0.505 e. The molecule has 1 unspecified atom stereocenters. The van der Waals surface area contributed by atoms with Crippen LogP contribution in [0.25, 0.3) is 21.5 Å². The standard InChI is InChI=1S/C42H36N8O7S2/c1-24(2)38-40(42(52)50(49-38)31-14-16-32(17-15-31)58(5,53)54)48-44-30-13-18-33-28(21-30)22-37(59(6,55)56)39(41(33)51)47-46-35-19-25(3)34(23-36(35)57-4)45-43-29-12-11-26-9-7-8-10-27(26)20-29/h7-23,40,51H,1H2,2-6H3. The molecule has 6 aromatic rings. The van der Waals surface area contributed by atoms with E-state index in [1.807, 2.05) is 49.4 Å². The monoisotopic (exact) mass is 828 g/mol. The van der Waals surface area contributed by atoms with Crippen molar-refractivity contribution in [2.45, 2.75) is 29.7 Å². The molecule has 0 fully saturated rings. The molecule has 1 aliphatic rings. The van der Waals surface area contributed by atoms with Crippen molar-refractivity contribution in [3.63, 3.8) is 0 Å². The zero-order chi connectivity index (χ0) is 42.2. The van der Waals surface area contributed by atoms with Gasteiger partial charge < -0.3 is 9.84 Å². The third-order valence-corrected chi connectivity index (χ3v) is 11.6. The molecule has 0 radical (unpaired) electrons. The number of phenols is 1. The summed E-state index contributed by atoms with van der Waals surface area (Å²) < 4.78 is 55.6. The summed E-state index contributed by atoms with van der Waals surface area (Å²) in [5.41, 5.74) is 3.14. The number of azo groups is 3. The first-order valence-corrected chi connectivity index (χ1v) is 21.6. The lowest BCUT2D eigenvalue weighted by Gasteiger charge is -2.13. The van der Waals surface area contributed by atoms with E-state index in [9.17, 15) is 26.7 Å². The maximum atomic E-state index is 13.5. The first-order valence-electron chi connectivity index (χ1n) is 17.8. The topological polar surface area (TPSA) is 205 Å². The summed E-state index contributed by atoms with van der Waals surface area (Å²) in [6, 6.07) is 27.4. The average Bonchev–Trinajstić information content (AvgIpc) is 3.54. The third kappa shape index (κ3) is 8.37. The van der Waals surface area contributed by atoms with Crippen molar-refractivity contribution in [2.24, 2.45) is 35.8 Å². The number of rotatable bonds is 11. The van der Waals surface area contributed by atoms with Gasteiger partial charge in [-0.2, -0.15) is 30.6 Å². The van der Waals surface area contributed by atoms with Gasteiger partial charge in [0.05, 0.1) is 45.4 Å². The zero-order valence-electron chi connectivity index (χ0n) is 32.4. The molecule has 15 nitrogen and oxygen atoms in total. The van der Waals surface area contributed by atoms with Gasteiger partial charge in [-0.05, 0) is 108 Å². The van der Waals surface area contributed by atoms with Crippen molar-refractivity contribution in [3.8, 4) is 11.5 Å². The van der Waals surface area contributed by atoms with E-state index >= 15 is 0 Å². The Morgan fingerprint density at radius 2 is 1.42 bits per heavy atom. The summed E-state index contributed by atoms with van der Waals surface area (Å²) in [5.74, 6) is -0.693. The molecule has 0 saturated carbocycles. The summed E-state index contributed by atoms with van der Waals surface area (Å²) in [5, 5.41) is 45.4. The Balaban J connectivity index is 1.17. The number of carbonyl (C=O) groups excluding carboxylic acids is 1. The Morgan fingerprint density at radius 1 is 0.763 bits per heavy atom. The molecule has 1 atom stereocenters. The number of hydrogen-bond acceptors (Lipinski definition) is 14. The lowest BCUT2D eigenvalue weighted by Crippen LogP contribution is -2.30. The molecular formula is C42H36N8O7S2. The van der Waals surface area contributed by atoms with Gasteiger partial charge in [0.1, 0.15) is 17.1 Å². The molecule has 0 spiro atoms. The van der Waals surface area contributed by atoms with Gasteiger partial charge in [-0.15, -0.1) is 10.2 Å². The molecule has 7 rings (SSSR count).